The summed E-state index contributed by atoms with van der Waals surface area (Å²) in [5.41, 5.74) is 2.00. The van der Waals surface area contributed by atoms with Crippen LogP contribution >= 0.6 is 34.7 Å². The Bertz CT molecular complexity index is 1220. The summed E-state index contributed by atoms with van der Waals surface area (Å²) in [7, 11) is 0. The Hall–Kier alpha value is -3.01. The minimum absolute atomic E-state index is 0.155. The highest BCUT2D eigenvalue weighted by molar-refractivity contribution is 7.99. The first-order chi connectivity index (χ1) is 15.6. The molecule has 162 valence electrons. The third-order valence-electron chi connectivity index (χ3n) is 4.37. The van der Waals surface area contributed by atoms with E-state index >= 15 is 0 Å². The van der Waals surface area contributed by atoms with Gasteiger partial charge in [0.05, 0.1) is 5.75 Å². The van der Waals surface area contributed by atoms with Crippen LogP contribution in [-0.2, 0) is 17.8 Å². The molecule has 4 rings (SSSR count). The number of nitrogens with one attached hydrogen (secondary N) is 1. The number of nitrogens with zero attached hydrogens (tertiary/aromatic N) is 5. The fourth-order valence-corrected chi connectivity index (χ4v) is 4.81. The zero-order valence-electron chi connectivity index (χ0n) is 16.9. The Morgan fingerprint density at radius 1 is 1.25 bits per heavy atom. The van der Waals surface area contributed by atoms with Crippen LogP contribution in [0.4, 0.5) is 5.13 Å². The predicted octanol–water partition coefficient (Wildman–Crippen LogP) is 4.96. The molecule has 4 aromatic rings. The fraction of sp³-hybridized carbons (Fsp3) is 0.136. The van der Waals surface area contributed by atoms with Crippen molar-refractivity contribution in [1.82, 2.24) is 24.7 Å². The van der Waals surface area contributed by atoms with Crippen LogP contribution in [0.15, 0.2) is 72.8 Å². The lowest BCUT2D eigenvalue weighted by Gasteiger charge is -2.07. The zero-order valence-corrected chi connectivity index (χ0v) is 19.3. The van der Waals surface area contributed by atoms with E-state index in [0.717, 1.165) is 16.0 Å². The second-order valence-corrected chi connectivity index (χ2v) is 9.21. The molecule has 10 heteroatoms. The van der Waals surface area contributed by atoms with Crippen molar-refractivity contribution >= 4 is 45.7 Å². The van der Waals surface area contributed by atoms with E-state index in [1.165, 1.54) is 23.1 Å². The van der Waals surface area contributed by atoms with E-state index < -0.39 is 0 Å². The van der Waals surface area contributed by atoms with Crippen molar-refractivity contribution in [2.45, 2.75) is 18.1 Å². The van der Waals surface area contributed by atoms with Crippen LogP contribution in [0.5, 0.6) is 0 Å². The molecule has 0 saturated carbocycles. The monoisotopic (exact) mass is 482 g/mol. The molecule has 0 radical (unpaired) electrons. The van der Waals surface area contributed by atoms with Gasteiger partial charge < -0.3 is 5.32 Å². The van der Waals surface area contributed by atoms with E-state index in [9.17, 15) is 4.79 Å². The Morgan fingerprint density at radius 2 is 2.09 bits per heavy atom. The van der Waals surface area contributed by atoms with Crippen molar-refractivity contribution in [3.05, 3.63) is 83.1 Å². The summed E-state index contributed by atoms with van der Waals surface area (Å²) in [5, 5.41) is 13.3. The molecule has 0 aliphatic rings. The van der Waals surface area contributed by atoms with Crippen LogP contribution < -0.4 is 5.32 Å². The van der Waals surface area contributed by atoms with Crippen molar-refractivity contribution in [3.8, 4) is 11.4 Å². The van der Waals surface area contributed by atoms with Gasteiger partial charge in [-0.15, -0.1) is 28.1 Å². The third-order valence-corrected chi connectivity index (χ3v) is 6.48. The molecule has 1 amide bonds. The van der Waals surface area contributed by atoms with Gasteiger partial charge in [0.25, 0.3) is 0 Å². The largest absolute Gasteiger partial charge is 0.301 e. The van der Waals surface area contributed by atoms with E-state index in [1.54, 1.807) is 24.7 Å². The lowest BCUT2D eigenvalue weighted by Crippen LogP contribution is -2.14. The lowest BCUT2D eigenvalue weighted by molar-refractivity contribution is -0.113. The molecular formula is C22H19ClN6OS2. The summed E-state index contributed by atoms with van der Waals surface area (Å²) in [6.45, 7) is 4.34. The minimum atomic E-state index is -0.155. The van der Waals surface area contributed by atoms with Gasteiger partial charge in [-0.05, 0) is 29.8 Å². The molecule has 0 unspecified atom stereocenters. The van der Waals surface area contributed by atoms with E-state index in [2.05, 4.69) is 32.1 Å². The topological polar surface area (TPSA) is 85.6 Å². The van der Waals surface area contributed by atoms with Crippen molar-refractivity contribution in [2.75, 3.05) is 11.1 Å². The average Bonchev–Trinajstić information content (AvgIpc) is 3.40. The highest BCUT2D eigenvalue weighted by Crippen LogP contribution is 2.25. The van der Waals surface area contributed by atoms with Gasteiger partial charge in [-0.3, -0.25) is 14.3 Å². The molecule has 0 aliphatic heterocycles. The van der Waals surface area contributed by atoms with E-state index in [0.29, 0.717) is 34.1 Å². The Balaban J connectivity index is 1.37. The first-order valence-electron chi connectivity index (χ1n) is 9.68. The molecule has 1 N–H and O–H groups in total. The highest BCUT2D eigenvalue weighted by atomic mass is 35.5. The van der Waals surface area contributed by atoms with Crippen LogP contribution in [0.3, 0.4) is 0 Å². The molecule has 3 aromatic heterocycles. The number of aromatic nitrogens is 5. The van der Waals surface area contributed by atoms with Gasteiger partial charge in [0, 0.05) is 47.0 Å². The number of carbonyl (C=O) groups excluding carboxylic acids is 1. The number of rotatable bonds is 9. The SMILES string of the molecule is C=CCn1c(SCC(=O)Nc2ncc(Cc3cccc(Cl)c3)s2)nnc1-c1ccncc1. The molecule has 0 spiro atoms. The Kier molecular flexibility index (Phi) is 7.31. The van der Waals surface area contributed by atoms with E-state index in [4.69, 9.17) is 11.6 Å². The molecule has 0 fully saturated rings. The fourth-order valence-electron chi connectivity index (χ4n) is 2.98. The Morgan fingerprint density at radius 3 is 2.88 bits per heavy atom. The molecule has 0 aliphatic carbocycles. The standard InChI is InChI=1S/C22H19ClN6OS2/c1-2-10-29-20(16-6-8-24-9-7-16)27-28-22(29)31-14-19(30)26-21-25-13-18(32-21)12-15-4-3-5-17(23)11-15/h2-9,11,13H,1,10,12,14H2,(H,25,26,30). The lowest BCUT2D eigenvalue weighted by atomic mass is 10.1. The van der Waals surface area contributed by atoms with Crippen LogP contribution in [0, 0.1) is 0 Å². The van der Waals surface area contributed by atoms with Gasteiger partial charge >= 0.3 is 0 Å². The first kappa shape index (κ1) is 22.2. The van der Waals surface area contributed by atoms with Crippen LogP contribution in [0.2, 0.25) is 5.02 Å². The number of carbonyl (C=O) groups is 1. The minimum Gasteiger partial charge on any atom is -0.301 e. The van der Waals surface area contributed by atoms with Gasteiger partial charge in [0.1, 0.15) is 0 Å². The van der Waals surface area contributed by atoms with Gasteiger partial charge in [0.15, 0.2) is 16.1 Å². The van der Waals surface area contributed by atoms with Crippen LogP contribution in [0.25, 0.3) is 11.4 Å². The molecule has 7 nitrogen and oxygen atoms in total. The molecule has 0 atom stereocenters. The molecule has 1 aromatic carbocycles. The number of amides is 1. The summed E-state index contributed by atoms with van der Waals surface area (Å²) in [5.74, 6) is 0.743. The van der Waals surface area contributed by atoms with Crippen LogP contribution in [-0.4, -0.2) is 36.4 Å². The number of allylic oxidation sites excluding steroid dienone is 1. The number of thiazole rings is 1. The summed E-state index contributed by atoms with van der Waals surface area (Å²) in [6.07, 6.45) is 7.67. The van der Waals surface area contributed by atoms with Crippen molar-refractivity contribution in [3.63, 3.8) is 0 Å². The summed E-state index contributed by atoms with van der Waals surface area (Å²) in [4.78, 5) is 21.9. The highest BCUT2D eigenvalue weighted by Gasteiger charge is 2.15. The molecule has 0 bridgehead atoms. The first-order valence-corrected chi connectivity index (χ1v) is 11.9. The average molecular weight is 483 g/mol. The Labute approximate surface area is 198 Å². The smallest absolute Gasteiger partial charge is 0.236 e. The molecule has 0 saturated heterocycles. The molecule has 3 heterocycles. The van der Waals surface area contributed by atoms with Gasteiger partial charge in [-0.2, -0.15) is 0 Å². The number of benzene rings is 1. The second-order valence-electron chi connectivity index (χ2n) is 6.72. The number of hydrogen-bond donors (Lipinski definition) is 1. The second kappa shape index (κ2) is 10.5. The summed E-state index contributed by atoms with van der Waals surface area (Å²) in [6, 6.07) is 11.4. The van der Waals surface area contributed by atoms with Crippen molar-refractivity contribution < 1.29 is 4.79 Å². The van der Waals surface area contributed by atoms with E-state index in [1.807, 2.05) is 41.0 Å². The van der Waals surface area contributed by atoms with Crippen molar-refractivity contribution in [2.24, 2.45) is 0 Å². The summed E-state index contributed by atoms with van der Waals surface area (Å²) < 4.78 is 1.92. The van der Waals surface area contributed by atoms with E-state index in [-0.39, 0.29) is 11.7 Å². The maximum absolute atomic E-state index is 12.5. The number of thioether (sulfide) groups is 1. The number of hydrogen-bond acceptors (Lipinski definition) is 7. The normalized spacial score (nSPS) is 10.8. The summed E-state index contributed by atoms with van der Waals surface area (Å²) >= 11 is 8.81. The van der Waals surface area contributed by atoms with Crippen molar-refractivity contribution in [1.29, 1.82) is 0 Å². The maximum atomic E-state index is 12.5. The molecular weight excluding hydrogens is 464 g/mol. The predicted molar refractivity (Wildman–Crippen MR) is 129 cm³/mol. The van der Waals surface area contributed by atoms with Gasteiger partial charge in [-0.25, -0.2) is 4.98 Å². The third kappa shape index (κ3) is 5.61. The van der Waals surface area contributed by atoms with Crippen LogP contribution in [0.1, 0.15) is 10.4 Å². The number of anilines is 1. The zero-order chi connectivity index (χ0) is 22.3. The van der Waals surface area contributed by atoms with Gasteiger partial charge in [0.2, 0.25) is 5.91 Å². The quantitative estimate of drug-likeness (QED) is 0.268. The molecule has 32 heavy (non-hydrogen) atoms. The maximum Gasteiger partial charge on any atom is 0.236 e. The van der Waals surface area contributed by atoms with Gasteiger partial charge in [-0.1, -0.05) is 41.6 Å². The number of halogens is 1. The number of pyridine rings is 1.